The Morgan fingerprint density at radius 3 is 2.96 bits per heavy atom. The SMILES string of the molecule is C[C@@]1(Cc2ccc3c(c2)OCO3)CCC(=O)N(CCc2noc(CO)n2)C1. The minimum absolute atomic E-state index is 0.00484. The molecule has 0 unspecified atom stereocenters. The molecule has 1 atom stereocenters. The number of hydrogen-bond donors (Lipinski definition) is 1. The number of fused-ring (bicyclic) bond motifs is 1. The average molecular weight is 373 g/mol. The number of piperidine rings is 1. The van der Waals surface area contributed by atoms with Crippen molar-refractivity contribution < 1.29 is 23.9 Å². The summed E-state index contributed by atoms with van der Waals surface area (Å²) in [5.41, 5.74) is 1.18. The maximum absolute atomic E-state index is 12.4. The molecule has 0 aliphatic carbocycles. The van der Waals surface area contributed by atoms with E-state index in [0.29, 0.717) is 31.8 Å². The lowest BCUT2D eigenvalue weighted by Crippen LogP contribution is -2.46. The van der Waals surface area contributed by atoms with Gasteiger partial charge in [0.15, 0.2) is 17.3 Å². The fraction of sp³-hybridized carbons (Fsp3) is 0.526. The van der Waals surface area contributed by atoms with Crippen LogP contribution in [0.4, 0.5) is 0 Å². The fourth-order valence-electron chi connectivity index (χ4n) is 3.78. The van der Waals surface area contributed by atoms with Gasteiger partial charge in [-0.1, -0.05) is 18.1 Å². The number of amides is 1. The summed E-state index contributed by atoms with van der Waals surface area (Å²) in [5.74, 6) is 2.44. The molecule has 4 rings (SSSR count). The van der Waals surface area contributed by atoms with Crippen LogP contribution in [0.15, 0.2) is 22.7 Å². The van der Waals surface area contributed by atoms with Crippen molar-refractivity contribution in [2.75, 3.05) is 19.9 Å². The van der Waals surface area contributed by atoms with Crippen molar-refractivity contribution >= 4 is 5.91 Å². The van der Waals surface area contributed by atoms with Crippen LogP contribution in [0.2, 0.25) is 0 Å². The van der Waals surface area contributed by atoms with Crippen molar-refractivity contribution in [3.63, 3.8) is 0 Å². The van der Waals surface area contributed by atoms with E-state index in [1.165, 1.54) is 5.56 Å². The van der Waals surface area contributed by atoms with Crippen LogP contribution in [0.3, 0.4) is 0 Å². The van der Waals surface area contributed by atoms with Crippen LogP contribution >= 0.6 is 0 Å². The zero-order chi connectivity index (χ0) is 18.9. The predicted octanol–water partition coefficient (Wildman–Crippen LogP) is 1.70. The summed E-state index contributed by atoms with van der Waals surface area (Å²) >= 11 is 0. The van der Waals surface area contributed by atoms with Crippen LogP contribution in [-0.4, -0.2) is 45.9 Å². The zero-order valence-corrected chi connectivity index (χ0v) is 15.3. The van der Waals surface area contributed by atoms with Gasteiger partial charge in [-0.3, -0.25) is 4.79 Å². The molecule has 1 N–H and O–H groups in total. The summed E-state index contributed by atoms with van der Waals surface area (Å²) < 4.78 is 15.7. The second-order valence-electron chi connectivity index (χ2n) is 7.50. The van der Waals surface area contributed by atoms with Crippen molar-refractivity contribution in [1.82, 2.24) is 15.0 Å². The molecular weight excluding hydrogens is 350 g/mol. The molecule has 0 saturated carbocycles. The maximum Gasteiger partial charge on any atom is 0.252 e. The van der Waals surface area contributed by atoms with E-state index in [2.05, 4.69) is 23.1 Å². The Morgan fingerprint density at radius 1 is 1.30 bits per heavy atom. The van der Waals surface area contributed by atoms with Crippen molar-refractivity contribution in [3.05, 3.63) is 35.5 Å². The van der Waals surface area contributed by atoms with E-state index in [9.17, 15) is 4.79 Å². The Morgan fingerprint density at radius 2 is 2.15 bits per heavy atom. The molecule has 1 fully saturated rings. The number of hydrogen-bond acceptors (Lipinski definition) is 7. The maximum atomic E-state index is 12.4. The highest BCUT2D eigenvalue weighted by molar-refractivity contribution is 5.77. The van der Waals surface area contributed by atoms with Gasteiger partial charge in [-0.25, -0.2) is 0 Å². The lowest BCUT2D eigenvalue weighted by molar-refractivity contribution is -0.137. The van der Waals surface area contributed by atoms with Gasteiger partial charge in [0.05, 0.1) is 0 Å². The third kappa shape index (κ3) is 3.90. The second-order valence-corrected chi connectivity index (χ2v) is 7.50. The van der Waals surface area contributed by atoms with E-state index in [0.717, 1.165) is 24.3 Å². The van der Waals surface area contributed by atoms with Crippen LogP contribution in [0, 0.1) is 5.41 Å². The molecule has 2 aliphatic rings. The molecule has 1 amide bonds. The number of likely N-dealkylation sites (tertiary alicyclic amines) is 1. The first-order valence-electron chi connectivity index (χ1n) is 9.13. The number of benzene rings is 1. The van der Waals surface area contributed by atoms with Gasteiger partial charge < -0.3 is 24.0 Å². The number of rotatable bonds is 6. The Hall–Kier alpha value is -2.61. The molecule has 2 aliphatic heterocycles. The number of aliphatic hydroxyl groups excluding tert-OH is 1. The molecule has 8 nitrogen and oxygen atoms in total. The van der Waals surface area contributed by atoms with E-state index < -0.39 is 0 Å². The van der Waals surface area contributed by atoms with Crippen LogP contribution in [0.25, 0.3) is 0 Å². The van der Waals surface area contributed by atoms with E-state index >= 15 is 0 Å². The summed E-state index contributed by atoms with van der Waals surface area (Å²) in [5, 5.41) is 12.8. The van der Waals surface area contributed by atoms with Crippen LogP contribution in [-0.2, 0) is 24.2 Å². The number of carbonyl (C=O) groups is 1. The molecule has 1 aromatic heterocycles. The average Bonchev–Trinajstić information content (AvgIpc) is 3.31. The zero-order valence-electron chi connectivity index (χ0n) is 15.3. The molecule has 144 valence electrons. The normalized spacial score (nSPS) is 21.7. The van der Waals surface area contributed by atoms with Gasteiger partial charge >= 0.3 is 0 Å². The van der Waals surface area contributed by atoms with Gasteiger partial charge in [-0.2, -0.15) is 4.98 Å². The molecule has 2 aromatic rings. The summed E-state index contributed by atoms with van der Waals surface area (Å²) in [6.45, 7) is 3.44. The monoisotopic (exact) mass is 373 g/mol. The highest BCUT2D eigenvalue weighted by atomic mass is 16.7. The Labute approximate surface area is 157 Å². The number of ether oxygens (including phenoxy) is 2. The fourth-order valence-corrected chi connectivity index (χ4v) is 3.78. The third-order valence-corrected chi connectivity index (χ3v) is 5.19. The van der Waals surface area contributed by atoms with Crippen LogP contribution in [0.1, 0.15) is 37.0 Å². The smallest absolute Gasteiger partial charge is 0.252 e. The van der Waals surface area contributed by atoms with Crippen LogP contribution < -0.4 is 9.47 Å². The molecule has 0 bridgehead atoms. The third-order valence-electron chi connectivity index (χ3n) is 5.19. The van der Waals surface area contributed by atoms with E-state index in [1.54, 1.807) is 0 Å². The van der Waals surface area contributed by atoms with Gasteiger partial charge in [-0.05, 0) is 36.0 Å². The number of aliphatic hydroxyl groups is 1. The molecule has 27 heavy (non-hydrogen) atoms. The highest BCUT2D eigenvalue weighted by Crippen LogP contribution is 2.37. The highest BCUT2D eigenvalue weighted by Gasteiger charge is 2.35. The van der Waals surface area contributed by atoms with Gasteiger partial charge in [0, 0.05) is 25.9 Å². The van der Waals surface area contributed by atoms with Gasteiger partial charge in [-0.15, -0.1) is 0 Å². The predicted molar refractivity (Wildman–Crippen MR) is 94.1 cm³/mol. The number of nitrogens with zero attached hydrogens (tertiary/aromatic N) is 3. The van der Waals surface area contributed by atoms with Crippen molar-refractivity contribution in [2.45, 2.75) is 39.2 Å². The molecule has 8 heteroatoms. The molecule has 0 radical (unpaired) electrons. The molecule has 3 heterocycles. The minimum atomic E-state index is -0.275. The Bertz CT molecular complexity index is 837. The summed E-state index contributed by atoms with van der Waals surface area (Å²) in [6.07, 6.45) is 2.77. The van der Waals surface area contributed by atoms with Crippen molar-refractivity contribution in [1.29, 1.82) is 0 Å². The van der Waals surface area contributed by atoms with Gasteiger partial charge in [0.25, 0.3) is 5.89 Å². The van der Waals surface area contributed by atoms with Gasteiger partial charge in [0.2, 0.25) is 12.7 Å². The molecule has 0 spiro atoms. The summed E-state index contributed by atoms with van der Waals surface area (Å²) in [6, 6.07) is 6.04. The van der Waals surface area contributed by atoms with E-state index in [1.807, 2.05) is 17.0 Å². The number of carbonyl (C=O) groups excluding carboxylic acids is 1. The lowest BCUT2D eigenvalue weighted by Gasteiger charge is -2.40. The summed E-state index contributed by atoms with van der Waals surface area (Å²) in [4.78, 5) is 18.3. The quantitative estimate of drug-likeness (QED) is 0.823. The molecular formula is C19H23N3O5. The number of aromatic nitrogens is 2. The first kappa shape index (κ1) is 17.8. The van der Waals surface area contributed by atoms with Crippen molar-refractivity contribution in [3.8, 4) is 11.5 Å². The van der Waals surface area contributed by atoms with E-state index in [-0.39, 0.29) is 30.6 Å². The van der Waals surface area contributed by atoms with E-state index in [4.69, 9.17) is 19.1 Å². The standard InChI is InChI=1S/C19H23N3O5/c1-19(9-13-2-3-14-15(8-13)26-12-25-14)6-4-18(24)22(11-19)7-5-16-20-17(10-23)27-21-16/h2-3,8,23H,4-7,9-12H2,1H3/t19-/m0/s1. The molecule has 1 saturated heterocycles. The van der Waals surface area contributed by atoms with Gasteiger partial charge in [0.1, 0.15) is 6.61 Å². The topological polar surface area (TPSA) is 97.9 Å². The first-order valence-corrected chi connectivity index (χ1v) is 9.13. The van der Waals surface area contributed by atoms with Crippen LogP contribution in [0.5, 0.6) is 11.5 Å². The Balaban J connectivity index is 1.40. The summed E-state index contributed by atoms with van der Waals surface area (Å²) in [7, 11) is 0. The molecule has 1 aromatic carbocycles. The second kappa shape index (κ2) is 7.19. The Kier molecular flexibility index (Phi) is 4.73. The van der Waals surface area contributed by atoms with Crippen molar-refractivity contribution in [2.24, 2.45) is 5.41 Å². The minimum Gasteiger partial charge on any atom is -0.454 e. The first-order chi connectivity index (χ1) is 13.0. The largest absolute Gasteiger partial charge is 0.454 e. The lowest BCUT2D eigenvalue weighted by atomic mass is 9.76.